The number of sulfonamides is 1. The van der Waals surface area contributed by atoms with Crippen LogP contribution in [0, 0.1) is 0 Å². The number of anilines is 3. The fraction of sp³-hybridized carbons (Fsp3) is 0.333. The molecule has 1 unspecified atom stereocenters. The first kappa shape index (κ1) is 32.3. The van der Waals surface area contributed by atoms with E-state index in [9.17, 15) is 26.4 Å². The summed E-state index contributed by atoms with van der Waals surface area (Å²) in [7, 11) is 0.262. The fourth-order valence-corrected chi connectivity index (χ4v) is 5.28. The Morgan fingerprint density at radius 1 is 1.05 bits per heavy atom. The lowest BCUT2D eigenvalue weighted by molar-refractivity contribution is -0.142. The van der Waals surface area contributed by atoms with Crippen LogP contribution in [0.3, 0.4) is 0 Å². The molecule has 0 bridgehead atoms. The molecule has 44 heavy (non-hydrogen) atoms. The van der Waals surface area contributed by atoms with Gasteiger partial charge in [-0.2, -0.15) is 18.2 Å². The van der Waals surface area contributed by atoms with Gasteiger partial charge in [-0.25, -0.2) is 28.5 Å². The average molecular weight is 638 g/mol. The smallest absolute Gasteiger partial charge is 0.409 e. The van der Waals surface area contributed by atoms with Crippen LogP contribution in [-0.4, -0.2) is 68.6 Å². The van der Waals surface area contributed by atoms with E-state index in [0.717, 1.165) is 11.1 Å². The van der Waals surface area contributed by atoms with Crippen molar-refractivity contribution in [3.8, 4) is 28.5 Å². The molecule has 17 heteroatoms. The number of hydrazine groups is 1. The van der Waals surface area contributed by atoms with E-state index in [-0.39, 0.29) is 52.2 Å². The van der Waals surface area contributed by atoms with Crippen molar-refractivity contribution < 1.29 is 40.6 Å². The van der Waals surface area contributed by atoms with E-state index < -0.39 is 28.1 Å². The van der Waals surface area contributed by atoms with E-state index in [1.54, 1.807) is 25.1 Å². The van der Waals surface area contributed by atoms with Gasteiger partial charge in [-0.1, -0.05) is 6.92 Å². The molecule has 0 spiro atoms. The first-order valence-corrected chi connectivity index (χ1v) is 14.7. The van der Waals surface area contributed by atoms with Crippen LogP contribution in [0.2, 0.25) is 0 Å². The molecule has 0 radical (unpaired) electrons. The second-order valence-corrected chi connectivity index (χ2v) is 11.3. The van der Waals surface area contributed by atoms with Crippen LogP contribution < -0.4 is 34.7 Å². The van der Waals surface area contributed by atoms with Gasteiger partial charge < -0.3 is 19.5 Å². The number of hydrogen-bond acceptors (Lipinski definition) is 12. The summed E-state index contributed by atoms with van der Waals surface area (Å²) in [4.78, 5) is 25.9. The Labute approximate surface area is 251 Å². The zero-order valence-electron chi connectivity index (χ0n) is 24.3. The van der Waals surface area contributed by atoms with Gasteiger partial charge in [-0.3, -0.25) is 9.80 Å². The summed E-state index contributed by atoms with van der Waals surface area (Å²) in [6, 6.07) is 4.23. The molecule has 1 aromatic carbocycles. The molecule has 1 aliphatic rings. The number of allylic oxidation sites excluding steroid dienone is 1. The van der Waals surface area contributed by atoms with Crippen molar-refractivity contribution in [1.29, 1.82) is 0 Å². The number of rotatable bonds is 11. The van der Waals surface area contributed by atoms with Crippen LogP contribution in [0.1, 0.15) is 30.6 Å². The van der Waals surface area contributed by atoms with Crippen molar-refractivity contribution >= 4 is 33.4 Å². The number of amides is 1. The molecular formula is C27H30F3N7O6S. The first-order chi connectivity index (χ1) is 20.8. The highest BCUT2D eigenvalue weighted by atomic mass is 32.2. The molecule has 3 N–H and O–H groups in total. The zero-order chi connectivity index (χ0) is 32.2. The van der Waals surface area contributed by atoms with Crippen molar-refractivity contribution in [3.63, 3.8) is 0 Å². The topological polar surface area (TPSA) is 157 Å². The number of aromatic nitrogens is 3. The zero-order valence-corrected chi connectivity index (χ0v) is 25.1. The number of alkyl halides is 3. The van der Waals surface area contributed by atoms with Crippen LogP contribution in [0.5, 0.6) is 17.4 Å². The molecule has 0 saturated heterocycles. The van der Waals surface area contributed by atoms with Crippen molar-refractivity contribution in [1.82, 2.24) is 25.1 Å². The fourth-order valence-electron chi connectivity index (χ4n) is 4.25. The Bertz CT molecular complexity index is 1660. The number of pyridine rings is 1. The molecule has 1 amide bonds. The first-order valence-electron chi connectivity index (χ1n) is 13.1. The lowest BCUT2D eigenvalue weighted by Gasteiger charge is -2.25. The number of nitrogens with one attached hydrogen (secondary N) is 3. The number of ether oxygens (including phenoxy) is 3. The molecule has 236 valence electrons. The predicted octanol–water partition coefficient (Wildman–Crippen LogP) is 3.94. The Hall–Kier alpha value is -4.64. The molecule has 3 aromatic rings. The number of carbonyl (C=O) groups excluding carboxylic acids is 1. The van der Waals surface area contributed by atoms with Gasteiger partial charge in [0.15, 0.2) is 5.82 Å². The molecule has 1 aliphatic heterocycles. The summed E-state index contributed by atoms with van der Waals surface area (Å²) in [6.07, 6.45) is -0.698. The number of hydrogen-bond donors (Lipinski definition) is 3. The molecule has 0 aliphatic carbocycles. The summed E-state index contributed by atoms with van der Waals surface area (Å²) in [5, 5.41) is 4.13. The molecule has 3 heterocycles. The maximum absolute atomic E-state index is 13.7. The standard InChI is InChI=1S/C27H30F3N7O6S/c1-6-7-44(39,40)36-24(38)20-9-16(13-31-25(20)43-5)21-14-32-26(33-17-10-18(41-3)12-19(11-17)42-4)34-23(21)37-15(2)8-22(35-37)27(28,29)30/h8-14,22,35H,6-7H2,1-5H3,(H,36,38)(H,32,33,34). The molecule has 13 nitrogen and oxygen atoms in total. The van der Waals surface area contributed by atoms with Crippen LogP contribution in [0.4, 0.5) is 30.6 Å². The molecular weight excluding hydrogens is 607 g/mol. The van der Waals surface area contributed by atoms with Gasteiger partial charge in [0, 0.05) is 53.1 Å². The number of halogens is 3. The van der Waals surface area contributed by atoms with Crippen molar-refractivity contribution in [3.05, 3.63) is 54.0 Å². The molecule has 1 atom stereocenters. The van der Waals surface area contributed by atoms with Gasteiger partial charge in [0.1, 0.15) is 23.1 Å². The highest BCUT2D eigenvalue weighted by molar-refractivity contribution is 7.90. The Morgan fingerprint density at radius 3 is 2.30 bits per heavy atom. The van der Waals surface area contributed by atoms with Gasteiger partial charge in [-0.05, 0) is 25.5 Å². The third-order valence-corrected chi connectivity index (χ3v) is 7.73. The average Bonchev–Trinajstić information content (AvgIpc) is 3.38. The summed E-state index contributed by atoms with van der Waals surface area (Å²) < 4.78 is 83.2. The summed E-state index contributed by atoms with van der Waals surface area (Å²) in [5.74, 6) is -0.528. The monoisotopic (exact) mass is 637 g/mol. The maximum Gasteiger partial charge on any atom is 0.409 e. The van der Waals surface area contributed by atoms with E-state index >= 15 is 0 Å². The van der Waals surface area contributed by atoms with Crippen LogP contribution in [0.15, 0.2) is 48.4 Å². The Kier molecular flexibility index (Phi) is 9.48. The lowest BCUT2D eigenvalue weighted by Crippen LogP contribution is -2.45. The largest absolute Gasteiger partial charge is 0.497 e. The molecule has 0 fully saturated rings. The Morgan fingerprint density at radius 2 is 1.73 bits per heavy atom. The van der Waals surface area contributed by atoms with Gasteiger partial charge in [0.25, 0.3) is 5.91 Å². The van der Waals surface area contributed by atoms with E-state index in [2.05, 4.69) is 25.7 Å². The second kappa shape index (κ2) is 12.9. The van der Waals surface area contributed by atoms with Crippen LogP contribution in [0.25, 0.3) is 11.1 Å². The van der Waals surface area contributed by atoms with Crippen molar-refractivity contribution in [2.75, 3.05) is 37.4 Å². The predicted molar refractivity (Wildman–Crippen MR) is 155 cm³/mol. The molecule has 4 rings (SSSR count). The number of methoxy groups -OCH3 is 3. The Balaban J connectivity index is 1.81. The number of benzene rings is 1. The van der Waals surface area contributed by atoms with Crippen molar-refractivity contribution in [2.24, 2.45) is 0 Å². The third-order valence-electron chi connectivity index (χ3n) is 6.29. The van der Waals surface area contributed by atoms with E-state index in [0.29, 0.717) is 17.2 Å². The number of carbonyl (C=O) groups is 1. The van der Waals surface area contributed by atoms with Crippen LogP contribution in [-0.2, 0) is 10.0 Å². The minimum atomic E-state index is -4.60. The van der Waals surface area contributed by atoms with Gasteiger partial charge >= 0.3 is 6.18 Å². The lowest BCUT2D eigenvalue weighted by atomic mass is 10.1. The van der Waals surface area contributed by atoms with E-state index in [1.807, 2.05) is 4.72 Å². The molecule has 0 saturated carbocycles. The second-order valence-electron chi connectivity index (χ2n) is 9.48. The van der Waals surface area contributed by atoms with Crippen LogP contribution >= 0.6 is 0 Å². The summed E-state index contributed by atoms with van der Waals surface area (Å²) >= 11 is 0. The van der Waals surface area contributed by atoms with E-state index in [1.165, 1.54) is 46.7 Å². The number of nitrogens with zero attached hydrogens (tertiary/aromatic N) is 4. The van der Waals surface area contributed by atoms with Crippen molar-refractivity contribution in [2.45, 2.75) is 32.5 Å². The van der Waals surface area contributed by atoms with Gasteiger partial charge in [0.2, 0.25) is 21.9 Å². The van der Waals surface area contributed by atoms with Gasteiger partial charge in [-0.15, -0.1) is 0 Å². The van der Waals surface area contributed by atoms with E-state index in [4.69, 9.17) is 14.2 Å². The quantitative estimate of drug-likeness (QED) is 0.279. The summed E-state index contributed by atoms with van der Waals surface area (Å²) in [6.45, 7) is 3.11. The minimum absolute atomic E-state index is 0.00853. The summed E-state index contributed by atoms with van der Waals surface area (Å²) in [5.41, 5.74) is 3.18. The highest BCUT2D eigenvalue weighted by Crippen LogP contribution is 2.37. The van der Waals surface area contributed by atoms with Gasteiger partial charge in [0.05, 0.1) is 27.1 Å². The third kappa shape index (κ3) is 7.28. The maximum atomic E-state index is 13.7. The normalized spacial score (nSPS) is 15.0. The molecule has 2 aromatic heterocycles. The minimum Gasteiger partial charge on any atom is -0.497 e. The SMILES string of the molecule is CCCS(=O)(=O)NC(=O)c1cc(-c2cnc(Nc3cc(OC)cc(OC)c3)nc2N2NC(C(F)(F)F)C=C2C)cnc1OC. The highest BCUT2D eigenvalue weighted by Gasteiger charge is 2.43.